The number of rotatable bonds is 2. The normalized spacial score (nSPS) is 10.6. The summed E-state index contributed by atoms with van der Waals surface area (Å²) in [6.45, 7) is 0. The molecule has 0 aliphatic rings. The number of pyridine rings is 2. The number of nitrogens with zero attached hydrogens (tertiary/aromatic N) is 2. The van der Waals surface area contributed by atoms with Crippen LogP contribution in [0.2, 0.25) is 0 Å². The summed E-state index contributed by atoms with van der Waals surface area (Å²) in [5.74, 6) is -0.0523. The topological polar surface area (TPSA) is 61.0 Å². The Morgan fingerprint density at radius 2 is 2.00 bits per heavy atom. The van der Waals surface area contributed by atoms with E-state index in [2.05, 4.69) is 9.97 Å². The van der Waals surface area contributed by atoms with Gasteiger partial charge in [-0.1, -0.05) is 0 Å². The quantitative estimate of drug-likeness (QED) is 0.714. The fourth-order valence-electron chi connectivity index (χ4n) is 1.83. The molecule has 0 saturated carbocycles. The SMILES string of the molecule is Nc1cc(F)c(Oc2cccnc2)c2ncccc12. The first-order valence-corrected chi connectivity index (χ1v) is 5.66. The number of ether oxygens (including phenoxy) is 1. The maximum atomic E-state index is 14.0. The van der Waals surface area contributed by atoms with Gasteiger partial charge in [0.15, 0.2) is 11.6 Å². The molecule has 94 valence electrons. The Bertz CT molecular complexity index is 731. The minimum Gasteiger partial charge on any atom is -0.450 e. The van der Waals surface area contributed by atoms with Crippen molar-refractivity contribution in [1.29, 1.82) is 0 Å². The van der Waals surface area contributed by atoms with Crippen LogP contribution in [0.1, 0.15) is 0 Å². The summed E-state index contributed by atoms with van der Waals surface area (Å²) in [6, 6.07) is 8.14. The molecule has 0 aliphatic heterocycles. The molecule has 2 N–H and O–H groups in total. The second-order valence-corrected chi connectivity index (χ2v) is 3.97. The number of fused-ring (bicyclic) bond motifs is 1. The van der Waals surface area contributed by atoms with E-state index in [0.717, 1.165) is 0 Å². The average molecular weight is 255 g/mol. The number of aromatic nitrogens is 2. The molecule has 0 aliphatic carbocycles. The minimum atomic E-state index is -0.549. The number of hydrogen-bond donors (Lipinski definition) is 1. The fourth-order valence-corrected chi connectivity index (χ4v) is 1.83. The molecule has 0 amide bonds. The molecule has 1 aromatic carbocycles. The van der Waals surface area contributed by atoms with Gasteiger partial charge in [0.1, 0.15) is 11.3 Å². The zero-order valence-electron chi connectivity index (χ0n) is 9.88. The number of halogens is 1. The van der Waals surface area contributed by atoms with Gasteiger partial charge in [0.05, 0.1) is 6.20 Å². The fraction of sp³-hybridized carbons (Fsp3) is 0. The molecule has 2 heterocycles. The van der Waals surface area contributed by atoms with Gasteiger partial charge >= 0.3 is 0 Å². The van der Waals surface area contributed by atoms with Gasteiger partial charge in [-0.3, -0.25) is 9.97 Å². The molecule has 2 aromatic heterocycles. The van der Waals surface area contributed by atoms with Gasteiger partial charge in [0.25, 0.3) is 0 Å². The largest absolute Gasteiger partial charge is 0.450 e. The van der Waals surface area contributed by atoms with Crippen LogP contribution in [0.4, 0.5) is 10.1 Å². The molecule has 0 unspecified atom stereocenters. The van der Waals surface area contributed by atoms with Crippen molar-refractivity contribution in [2.75, 3.05) is 5.73 Å². The van der Waals surface area contributed by atoms with Crippen LogP contribution in [0.25, 0.3) is 10.9 Å². The molecule has 3 rings (SSSR count). The van der Waals surface area contributed by atoms with Gasteiger partial charge in [0.2, 0.25) is 0 Å². The lowest BCUT2D eigenvalue weighted by atomic mass is 10.1. The predicted molar refractivity (Wildman–Crippen MR) is 70.4 cm³/mol. The summed E-state index contributed by atoms with van der Waals surface area (Å²) in [5.41, 5.74) is 6.50. The monoisotopic (exact) mass is 255 g/mol. The highest BCUT2D eigenvalue weighted by molar-refractivity contribution is 5.94. The first-order valence-electron chi connectivity index (χ1n) is 5.66. The van der Waals surface area contributed by atoms with Crippen molar-refractivity contribution in [1.82, 2.24) is 9.97 Å². The van der Waals surface area contributed by atoms with Crippen molar-refractivity contribution >= 4 is 16.6 Å². The van der Waals surface area contributed by atoms with Gasteiger partial charge < -0.3 is 10.5 Å². The van der Waals surface area contributed by atoms with Crippen LogP contribution in [0.5, 0.6) is 11.5 Å². The van der Waals surface area contributed by atoms with Crippen LogP contribution in [0.3, 0.4) is 0 Å². The zero-order valence-corrected chi connectivity index (χ0v) is 9.88. The van der Waals surface area contributed by atoms with Gasteiger partial charge in [-0.15, -0.1) is 0 Å². The first kappa shape index (κ1) is 11.4. The summed E-state index contributed by atoms with van der Waals surface area (Å²) in [7, 11) is 0. The Morgan fingerprint density at radius 3 is 2.79 bits per heavy atom. The Kier molecular flexibility index (Phi) is 2.72. The van der Waals surface area contributed by atoms with E-state index in [1.54, 1.807) is 36.7 Å². The second-order valence-electron chi connectivity index (χ2n) is 3.97. The Hall–Kier alpha value is -2.69. The van der Waals surface area contributed by atoms with E-state index < -0.39 is 5.82 Å². The van der Waals surface area contributed by atoms with Crippen LogP contribution in [-0.4, -0.2) is 9.97 Å². The summed E-state index contributed by atoms with van der Waals surface area (Å²) < 4.78 is 19.5. The summed E-state index contributed by atoms with van der Waals surface area (Å²) in [4.78, 5) is 8.05. The van der Waals surface area contributed by atoms with E-state index in [9.17, 15) is 4.39 Å². The van der Waals surface area contributed by atoms with E-state index in [0.29, 0.717) is 22.3 Å². The van der Waals surface area contributed by atoms with E-state index in [-0.39, 0.29) is 5.75 Å². The molecule has 0 radical (unpaired) electrons. The standard InChI is InChI=1S/C14H10FN3O/c15-11-7-12(16)10-4-2-6-18-13(10)14(11)19-9-3-1-5-17-8-9/h1-8H,16H2. The highest BCUT2D eigenvalue weighted by atomic mass is 19.1. The van der Waals surface area contributed by atoms with Crippen LogP contribution in [0, 0.1) is 5.82 Å². The third kappa shape index (κ3) is 2.06. The van der Waals surface area contributed by atoms with E-state index in [1.165, 1.54) is 12.3 Å². The van der Waals surface area contributed by atoms with Gasteiger partial charge in [-0.25, -0.2) is 4.39 Å². The lowest BCUT2D eigenvalue weighted by molar-refractivity contribution is 0.445. The van der Waals surface area contributed by atoms with Crippen LogP contribution >= 0.6 is 0 Å². The van der Waals surface area contributed by atoms with Gasteiger partial charge in [0, 0.05) is 29.5 Å². The first-order chi connectivity index (χ1) is 9.25. The number of nitrogen functional groups attached to an aromatic ring is 1. The second kappa shape index (κ2) is 4.53. The maximum absolute atomic E-state index is 14.0. The molecule has 0 bridgehead atoms. The summed E-state index contributed by atoms with van der Waals surface area (Å²) in [6.07, 6.45) is 4.68. The smallest absolute Gasteiger partial charge is 0.189 e. The van der Waals surface area contributed by atoms with E-state index >= 15 is 0 Å². The molecule has 4 nitrogen and oxygen atoms in total. The Labute approximate surface area is 108 Å². The highest BCUT2D eigenvalue weighted by Crippen LogP contribution is 2.34. The van der Waals surface area contributed by atoms with E-state index in [1.807, 2.05) is 0 Å². The minimum absolute atomic E-state index is 0.0535. The molecule has 5 heteroatoms. The van der Waals surface area contributed by atoms with Crippen molar-refractivity contribution in [2.45, 2.75) is 0 Å². The van der Waals surface area contributed by atoms with Crippen molar-refractivity contribution in [3.05, 3.63) is 54.7 Å². The van der Waals surface area contributed by atoms with Crippen molar-refractivity contribution in [3.63, 3.8) is 0 Å². The zero-order chi connectivity index (χ0) is 13.2. The lowest BCUT2D eigenvalue weighted by Gasteiger charge is -2.10. The van der Waals surface area contributed by atoms with Gasteiger partial charge in [-0.2, -0.15) is 0 Å². The average Bonchev–Trinajstić information content (AvgIpc) is 2.45. The number of anilines is 1. The molecule has 0 spiro atoms. The molecule has 0 saturated heterocycles. The van der Waals surface area contributed by atoms with Gasteiger partial charge in [-0.05, 0) is 24.3 Å². The Morgan fingerprint density at radius 1 is 1.16 bits per heavy atom. The molecule has 19 heavy (non-hydrogen) atoms. The molecule has 0 fully saturated rings. The third-order valence-corrected chi connectivity index (χ3v) is 2.69. The van der Waals surface area contributed by atoms with Crippen molar-refractivity contribution < 1.29 is 9.13 Å². The Balaban J connectivity index is 2.18. The summed E-state index contributed by atoms with van der Waals surface area (Å²) >= 11 is 0. The number of hydrogen-bond acceptors (Lipinski definition) is 4. The van der Waals surface area contributed by atoms with Crippen molar-refractivity contribution in [2.24, 2.45) is 0 Å². The lowest BCUT2D eigenvalue weighted by Crippen LogP contribution is -1.96. The molecule has 3 aromatic rings. The van der Waals surface area contributed by atoms with Crippen LogP contribution < -0.4 is 10.5 Å². The highest BCUT2D eigenvalue weighted by Gasteiger charge is 2.14. The predicted octanol–water partition coefficient (Wildman–Crippen LogP) is 3.14. The van der Waals surface area contributed by atoms with Crippen molar-refractivity contribution in [3.8, 4) is 11.5 Å². The maximum Gasteiger partial charge on any atom is 0.189 e. The van der Waals surface area contributed by atoms with E-state index in [4.69, 9.17) is 10.5 Å². The molecular formula is C14H10FN3O. The molecule has 0 atom stereocenters. The molecular weight excluding hydrogens is 245 g/mol. The van der Waals surface area contributed by atoms with Crippen LogP contribution in [0.15, 0.2) is 48.9 Å². The third-order valence-electron chi connectivity index (χ3n) is 2.69. The summed E-state index contributed by atoms with van der Waals surface area (Å²) in [5, 5.41) is 0.655. The van der Waals surface area contributed by atoms with Crippen LogP contribution in [-0.2, 0) is 0 Å². The number of benzene rings is 1. The number of nitrogens with two attached hydrogens (primary N) is 1.